The molecule has 108 valence electrons. The Labute approximate surface area is 119 Å². The lowest BCUT2D eigenvalue weighted by Crippen LogP contribution is -2.53. The van der Waals surface area contributed by atoms with E-state index in [1.54, 1.807) is 0 Å². The van der Waals surface area contributed by atoms with Gasteiger partial charge in [-0.1, -0.05) is 30.3 Å². The summed E-state index contributed by atoms with van der Waals surface area (Å²) < 4.78 is 5.69. The molecule has 1 saturated heterocycles. The minimum absolute atomic E-state index is 0.0181. The zero-order valence-corrected chi connectivity index (χ0v) is 11.7. The maximum atomic E-state index is 12.4. The second-order valence-corrected chi connectivity index (χ2v) is 5.85. The van der Waals surface area contributed by atoms with Gasteiger partial charge in [-0.05, 0) is 37.7 Å². The first kappa shape index (κ1) is 13.6. The van der Waals surface area contributed by atoms with E-state index in [9.17, 15) is 4.79 Å². The zero-order chi connectivity index (χ0) is 14.0. The van der Waals surface area contributed by atoms with Crippen LogP contribution < -0.4 is 11.1 Å². The Balaban J connectivity index is 1.68. The van der Waals surface area contributed by atoms with E-state index in [4.69, 9.17) is 10.5 Å². The van der Waals surface area contributed by atoms with Gasteiger partial charge in [0.05, 0.1) is 11.6 Å². The van der Waals surface area contributed by atoms with E-state index in [1.165, 1.54) is 5.56 Å². The third-order valence-electron chi connectivity index (χ3n) is 4.56. The largest absolute Gasteiger partial charge is 0.364 e. The van der Waals surface area contributed by atoms with Gasteiger partial charge in [-0.3, -0.25) is 4.79 Å². The van der Waals surface area contributed by atoms with Crippen LogP contribution in [0.25, 0.3) is 0 Å². The van der Waals surface area contributed by atoms with Crippen molar-refractivity contribution in [3.63, 3.8) is 0 Å². The van der Waals surface area contributed by atoms with E-state index in [1.807, 2.05) is 18.2 Å². The van der Waals surface area contributed by atoms with Gasteiger partial charge in [-0.25, -0.2) is 0 Å². The average molecular weight is 274 g/mol. The molecule has 4 heteroatoms. The van der Waals surface area contributed by atoms with Gasteiger partial charge in [0.2, 0.25) is 5.91 Å². The number of nitrogens with one attached hydrogen (secondary N) is 1. The molecule has 1 aromatic rings. The predicted octanol–water partition coefficient (Wildman–Crippen LogP) is 1.69. The number of carbonyl (C=O) groups excluding carboxylic acids is 1. The van der Waals surface area contributed by atoms with E-state index in [2.05, 4.69) is 17.4 Å². The molecular formula is C16H22N2O2. The summed E-state index contributed by atoms with van der Waals surface area (Å²) in [6.07, 6.45) is 4.55. The summed E-state index contributed by atoms with van der Waals surface area (Å²) in [7, 11) is 0. The predicted molar refractivity (Wildman–Crippen MR) is 77.1 cm³/mol. The number of amides is 1. The number of hydrogen-bond donors (Lipinski definition) is 2. The first-order chi connectivity index (χ1) is 9.73. The smallest absolute Gasteiger partial charge is 0.249 e. The van der Waals surface area contributed by atoms with Crippen LogP contribution in [0.5, 0.6) is 0 Å². The van der Waals surface area contributed by atoms with Crippen LogP contribution in [0.1, 0.15) is 37.7 Å². The Bertz CT molecular complexity index is 471. The summed E-state index contributed by atoms with van der Waals surface area (Å²) in [6.45, 7) is 0.494. The molecule has 2 aliphatic rings. The second-order valence-electron chi connectivity index (χ2n) is 5.85. The van der Waals surface area contributed by atoms with Gasteiger partial charge in [-0.2, -0.15) is 0 Å². The molecule has 4 nitrogen and oxygen atoms in total. The van der Waals surface area contributed by atoms with E-state index in [-0.39, 0.29) is 23.7 Å². The topological polar surface area (TPSA) is 64.4 Å². The molecule has 0 aromatic heterocycles. The number of carbonyl (C=O) groups is 1. The van der Waals surface area contributed by atoms with Gasteiger partial charge in [0.25, 0.3) is 0 Å². The van der Waals surface area contributed by atoms with Crippen molar-refractivity contribution in [1.29, 1.82) is 0 Å². The number of nitrogens with two attached hydrogens (primary N) is 1. The maximum absolute atomic E-state index is 12.4. The first-order valence-corrected chi connectivity index (χ1v) is 7.46. The van der Waals surface area contributed by atoms with Crippen LogP contribution in [0.2, 0.25) is 0 Å². The highest BCUT2D eigenvalue weighted by Crippen LogP contribution is 2.41. The Morgan fingerprint density at radius 1 is 1.30 bits per heavy atom. The Hall–Kier alpha value is -1.39. The molecule has 20 heavy (non-hydrogen) atoms. The molecule has 2 atom stereocenters. The quantitative estimate of drug-likeness (QED) is 0.878. The highest BCUT2D eigenvalue weighted by molar-refractivity contribution is 5.82. The van der Waals surface area contributed by atoms with Gasteiger partial charge in [0.15, 0.2) is 0 Å². The van der Waals surface area contributed by atoms with Crippen molar-refractivity contribution in [2.45, 2.75) is 49.9 Å². The molecule has 0 spiro atoms. The van der Waals surface area contributed by atoms with Crippen molar-refractivity contribution in [1.82, 2.24) is 5.32 Å². The highest BCUT2D eigenvalue weighted by Gasteiger charge is 2.42. The van der Waals surface area contributed by atoms with Crippen molar-refractivity contribution < 1.29 is 9.53 Å². The van der Waals surface area contributed by atoms with E-state index in [0.29, 0.717) is 6.54 Å². The summed E-state index contributed by atoms with van der Waals surface area (Å²) in [4.78, 5) is 12.4. The highest BCUT2D eigenvalue weighted by atomic mass is 16.5. The normalized spacial score (nSPS) is 27.9. The standard InChI is InChI=1S/C16H22N2O2/c17-11-13-7-8-14(20-13)15(19)18-16(9-4-10-16)12-5-2-1-3-6-12/h1-3,5-6,13-14H,4,7-11,17H2,(H,18,19)/t13-,14+/m1/s1. The SMILES string of the molecule is NC[C@H]1CC[C@@H](C(=O)NC2(c3ccccc3)CCC2)O1. The van der Waals surface area contributed by atoms with E-state index < -0.39 is 0 Å². The van der Waals surface area contributed by atoms with Crippen LogP contribution in [0.3, 0.4) is 0 Å². The fraction of sp³-hybridized carbons (Fsp3) is 0.562. The first-order valence-electron chi connectivity index (χ1n) is 7.46. The average Bonchev–Trinajstić information content (AvgIpc) is 2.92. The van der Waals surface area contributed by atoms with Crippen LogP contribution in [0.4, 0.5) is 0 Å². The minimum Gasteiger partial charge on any atom is -0.364 e. The van der Waals surface area contributed by atoms with Crippen molar-refractivity contribution >= 4 is 5.91 Å². The van der Waals surface area contributed by atoms with Crippen LogP contribution in [-0.2, 0) is 15.1 Å². The van der Waals surface area contributed by atoms with Gasteiger partial charge in [-0.15, -0.1) is 0 Å². The molecule has 1 heterocycles. The molecule has 3 rings (SSSR count). The minimum atomic E-state index is -0.329. The third-order valence-corrected chi connectivity index (χ3v) is 4.56. The van der Waals surface area contributed by atoms with Gasteiger partial charge < -0.3 is 15.8 Å². The lowest BCUT2D eigenvalue weighted by Gasteiger charge is -2.43. The fourth-order valence-electron chi connectivity index (χ4n) is 3.16. The second kappa shape index (κ2) is 5.54. The fourth-order valence-corrected chi connectivity index (χ4v) is 3.16. The Kier molecular flexibility index (Phi) is 3.76. The third kappa shape index (κ3) is 2.45. The van der Waals surface area contributed by atoms with Crippen LogP contribution in [0, 0.1) is 0 Å². The maximum Gasteiger partial charge on any atom is 0.249 e. The molecule has 1 saturated carbocycles. The Morgan fingerprint density at radius 3 is 2.60 bits per heavy atom. The lowest BCUT2D eigenvalue weighted by atomic mass is 9.71. The van der Waals surface area contributed by atoms with Crippen molar-refractivity contribution in [2.75, 3.05) is 6.54 Å². The lowest BCUT2D eigenvalue weighted by molar-refractivity contribution is -0.135. The number of benzene rings is 1. The summed E-state index contributed by atoms with van der Waals surface area (Å²) >= 11 is 0. The molecule has 0 bridgehead atoms. The Morgan fingerprint density at radius 2 is 2.05 bits per heavy atom. The van der Waals surface area contributed by atoms with Gasteiger partial charge in [0.1, 0.15) is 6.10 Å². The summed E-state index contributed by atoms with van der Waals surface area (Å²) in [5, 5.41) is 3.23. The van der Waals surface area contributed by atoms with Crippen LogP contribution in [0.15, 0.2) is 30.3 Å². The molecule has 0 unspecified atom stereocenters. The number of ether oxygens (including phenoxy) is 1. The molecule has 1 aliphatic carbocycles. The zero-order valence-electron chi connectivity index (χ0n) is 11.7. The molecule has 1 aromatic carbocycles. The summed E-state index contributed by atoms with van der Waals surface area (Å²) in [6, 6.07) is 10.2. The van der Waals surface area contributed by atoms with Crippen LogP contribution in [-0.4, -0.2) is 24.7 Å². The monoisotopic (exact) mass is 274 g/mol. The van der Waals surface area contributed by atoms with Gasteiger partial charge in [0, 0.05) is 6.54 Å². The van der Waals surface area contributed by atoms with Gasteiger partial charge >= 0.3 is 0 Å². The van der Waals surface area contributed by atoms with Crippen molar-refractivity contribution in [3.05, 3.63) is 35.9 Å². The summed E-state index contributed by atoms with van der Waals surface area (Å²) in [5.41, 5.74) is 6.62. The molecule has 1 aliphatic heterocycles. The van der Waals surface area contributed by atoms with Crippen molar-refractivity contribution in [3.8, 4) is 0 Å². The number of rotatable bonds is 4. The molecule has 0 radical (unpaired) electrons. The molecule has 3 N–H and O–H groups in total. The summed E-state index contributed by atoms with van der Waals surface area (Å²) in [5.74, 6) is 0.0181. The van der Waals surface area contributed by atoms with E-state index >= 15 is 0 Å². The molecule has 1 amide bonds. The van der Waals surface area contributed by atoms with Crippen LogP contribution >= 0.6 is 0 Å². The number of hydrogen-bond acceptors (Lipinski definition) is 3. The molecule has 2 fully saturated rings. The van der Waals surface area contributed by atoms with E-state index in [0.717, 1.165) is 32.1 Å². The molecular weight excluding hydrogens is 252 g/mol. The van der Waals surface area contributed by atoms with Crippen molar-refractivity contribution in [2.24, 2.45) is 5.73 Å².